The molecule has 4 heteroatoms. The lowest BCUT2D eigenvalue weighted by molar-refractivity contribution is 0.0686. The Morgan fingerprint density at radius 1 is 0.769 bits per heavy atom. The van der Waals surface area contributed by atoms with Crippen molar-refractivity contribution in [2.24, 2.45) is 0 Å². The summed E-state index contributed by atoms with van der Waals surface area (Å²) in [5, 5.41) is 18.3. The minimum atomic E-state index is -0.969. The molecule has 0 aliphatic carbocycles. The third-order valence-electron chi connectivity index (χ3n) is 3.95. The Labute approximate surface area is 152 Å². The van der Waals surface area contributed by atoms with Gasteiger partial charge in [-0.2, -0.15) is 0 Å². The van der Waals surface area contributed by atoms with Crippen molar-refractivity contribution >= 4 is 24.1 Å². The Morgan fingerprint density at radius 3 is 1.46 bits per heavy atom. The molecule has 2 rings (SSSR count). The van der Waals surface area contributed by atoms with Crippen LogP contribution in [0.25, 0.3) is 12.2 Å². The summed E-state index contributed by atoms with van der Waals surface area (Å²) in [7, 11) is 0. The Kier molecular flexibility index (Phi) is 6.28. The molecule has 0 saturated heterocycles. The van der Waals surface area contributed by atoms with Crippen molar-refractivity contribution in [3.8, 4) is 0 Å². The Morgan fingerprint density at radius 2 is 1.15 bits per heavy atom. The maximum atomic E-state index is 11.2. The lowest BCUT2D eigenvalue weighted by Crippen LogP contribution is -1.99. The van der Waals surface area contributed by atoms with Gasteiger partial charge in [-0.25, -0.2) is 9.59 Å². The van der Waals surface area contributed by atoms with Gasteiger partial charge in [-0.05, 0) is 59.4 Å². The summed E-state index contributed by atoms with van der Waals surface area (Å²) in [5.41, 5.74) is 3.98. The topological polar surface area (TPSA) is 74.6 Å². The van der Waals surface area contributed by atoms with E-state index in [2.05, 4.69) is 13.2 Å². The number of rotatable bonds is 8. The van der Waals surface area contributed by atoms with Crippen LogP contribution in [0.1, 0.15) is 43.0 Å². The fourth-order valence-electron chi connectivity index (χ4n) is 2.65. The monoisotopic (exact) mass is 348 g/mol. The number of carboxylic acid groups (broad SMARTS) is 2. The third kappa shape index (κ3) is 4.57. The van der Waals surface area contributed by atoms with Crippen molar-refractivity contribution in [1.29, 1.82) is 0 Å². The van der Waals surface area contributed by atoms with Gasteiger partial charge in [0.1, 0.15) is 0 Å². The molecule has 0 aliphatic rings. The molecule has 0 fully saturated rings. The van der Waals surface area contributed by atoms with Crippen molar-refractivity contribution in [2.75, 3.05) is 0 Å². The number of hydrogen-bond acceptors (Lipinski definition) is 2. The van der Waals surface area contributed by atoms with E-state index in [4.69, 9.17) is 10.2 Å². The summed E-state index contributed by atoms with van der Waals surface area (Å²) in [5.74, 6) is -1.94. The van der Waals surface area contributed by atoms with Gasteiger partial charge in [0, 0.05) is 0 Å². The third-order valence-corrected chi connectivity index (χ3v) is 3.95. The summed E-state index contributed by atoms with van der Waals surface area (Å²) in [6, 6.07) is 9.93. The quantitative estimate of drug-likeness (QED) is 0.535. The highest BCUT2D eigenvalue weighted by atomic mass is 16.4. The Bertz CT molecular complexity index is 818. The average molecular weight is 348 g/mol. The lowest BCUT2D eigenvalue weighted by atomic mass is 9.97. The molecule has 0 saturated carbocycles. The van der Waals surface area contributed by atoms with E-state index in [1.807, 2.05) is 12.2 Å². The van der Waals surface area contributed by atoms with Crippen LogP contribution in [0.15, 0.2) is 61.7 Å². The molecule has 0 aromatic heterocycles. The summed E-state index contributed by atoms with van der Waals surface area (Å²) >= 11 is 0. The molecule has 0 amide bonds. The van der Waals surface area contributed by atoms with Gasteiger partial charge >= 0.3 is 11.9 Å². The van der Waals surface area contributed by atoms with Crippen molar-refractivity contribution in [2.45, 2.75) is 12.8 Å². The van der Waals surface area contributed by atoms with Crippen molar-refractivity contribution in [3.63, 3.8) is 0 Å². The molecule has 0 radical (unpaired) electrons. The van der Waals surface area contributed by atoms with E-state index in [0.29, 0.717) is 12.8 Å². The molecule has 26 heavy (non-hydrogen) atoms. The first-order valence-electron chi connectivity index (χ1n) is 8.08. The zero-order chi connectivity index (χ0) is 19.1. The van der Waals surface area contributed by atoms with Crippen LogP contribution < -0.4 is 0 Å². The second-order valence-electron chi connectivity index (χ2n) is 5.76. The molecule has 0 unspecified atom stereocenters. The Balaban J connectivity index is 2.42. The minimum Gasteiger partial charge on any atom is -0.478 e. The molecule has 0 heterocycles. The average Bonchev–Trinajstić information content (AvgIpc) is 2.61. The van der Waals surface area contributed by atoms with Crippen molar-refractivity contribution in [3.05, 3.63) is 95.1 Å². The molecule has 0 atom stereocenters. The predicted octanol–water partition coefficient (Wildman–Crippen LogP) is 4.71. The van der Waals surface area contributed by atoms with Gasteiger partial charge in [-0.15, -0.1) is 13.2 Å². The van der Waals surface area contributed by atoms with Crippen LogP contribution in [0.4, 0.5) is 0 Å². The summed E-state index contributed by atoms with van der Waals surface area (Å²) < 4.78 is 0. The number of aromatic carboxylic acids is 2. The summed E-state index contributed by atoms with van der Waals surface area (Å²) in [6.07, 6.45) is 8.35. The maximum Gasteiger partial charge on any atom is 0.335 e. The molecule has 0 aliphatic heterocycles. The number of carbonyl (C=O) groups is 2. The van der Waals surface area contributed by atoms with Crippen LogP contribution in [0.3, 0.4) is 0 Å². The predicted molar refractivity (Wildman–Crippen MR) is 104 cm³/mol. The van der Waals surface area contributed by atoms with Crippen molar-refractivity contribution in [1.82, 2.24) is 0 Å². The van der Waals surface area contributed by atoms with E-state index in [0.717, 1.165) is 22.3 Å². The first-order valence-corrected chi connectivity index (χ1v) is 8.08. The highest BCUT2D eigenvalue weighted by molar-refractivity contribution is 5.89. The molecule has 2 aromatic rings. The highest BCUT2D eigenvalue weighted by Gasteiger charge is 2.08. The standard InChI is InChI=1S/C22H20O4/c1-3-5-17-13-19(21(23)24)11-9-15(17)7-8-16-10-12-20(22(25)26)14-18(16)6-4-2/h3-4,7-14H,1-2,5-6H2,(H,23,24)(H,25,26)/b8-7+. The fourth-order valence-corrected chi connectivity index (χ4v) is 2.65. The molecule has 2 aromatic carbocycles. The molecule has 2 N–H and O–H groups in total. The number of benzene rings is 2. The SMILES string of the molecule is C=CCc1cc(C(=O)O)ccc1/C=C/c1ccc(C(=O)O)cc1CC=C. The fraction of sp³-hybridized carbons (Fsp3) is 0.0909. The zero-order valence-corrected chi connectivity index (χ0v) is 14.3. The smallest absolute Gasteiger partial charge is 0.335 e. The van der Waals surface area contributed by atoms with Crippen LogP contribution in [0.2, 0.25) is 0 Å². The summed E-state index contributed by atoms with van der Waals surface area (Å²) in [6.45, 7) is 7.43. The summed E-state index contributed by atoms with van der Waals surface area (Å²) in [4.78, 5) is 22.3. The molecule has 4 nitrogen and oxygen atoms in total. The van der Waals surface area contributed by atoms with Gasteiger partial charge in [0.15, 0.2) is 0 Å². The van der Waals surface area contributed by atoms with Gasteiger partial charge in [0.05, 0.1) is 11.1 Å². The molecule has 132 valence electrons. The van der Waals surface area contributed by atoms with Crippen LogP contribution in [0, 0.1) is 0 Å². The lowest BCUT2D eigenvalue weighted by Gasteiger charge is -2.08. The second-order valence-corrected chi connectivity index (χ2v) is 5.76. The van der Waals surface area contributed by atoms with E-state index >= 15 is 0 Å². The number of allylic oxidation sites excluding steroid dienone is 2. The van der Waals surface area contributed by atoms with Crippen LogP contribution in [-0.2, 0) is 12.8 Å². The van der Waals surface area contributed by atoms with Crippen LogP contribution in [-0.4, -0.2) is 22.2 Å². The number of carboxylic acids is 2. The van der Waals surface area contributed by atoms with Crippen molar-refractivity contribution < 1.29 is 19.8 Å². The Hall–Kier alpha value is -3.40. The van der Waals surface area contributed by atoms with Gasteiger partial charge in [0.2, 0.25) is 0 Å². The van der Waals surface area contributed by atoms with Gasteiger partial charge < -0.3 is 10.2 Å². The van der Waals surface area contributed by atoms with E-state index in [9.17, 15) is 9.59 Å². The van der Waals surface area contributed by atoms with E-state index in [1.54, 1.807) is 48.6 Å². The normalized spacial score (nSPS) is 10.6. The molecular formula is C22H20O4. The largest absolute Gasteiger partial charge is 0.478 e. The maximum absolute atomic E-state index is 11.2. The first-order chi connectivity index (χ1) is 12.5. The van der Waals surface area contributed by atoms with E-state index < -0.39 is 11.9 Å². The first kappa shape index (κ1) is 18.9. The second kappa shape index (κ2) is 8.62. The molecule has 0 spiro atoms. The van der Waals surface area contributed by atoms with Crippen LogP contribution >= 0.6 is 0 Å². The molecular weight excluding hydrogens is 328 g/mol. The molecule has 0 bridgehead atoms. The van der Waals surface area contributed by atoms with Gasteiger partial charge in [-0.1, -0.05) is 36.4 Å². The number of hydrogen-bond donors (Lipinski definition) is 2. The van der Waals surface area contributed by atoms with Gasteiger partial charge in [0.25, 0.3) is 0 Å². The minimum absolute atomic E-state index is 0.233. The highest BCUT2D eigenvalue weighted by Crippen LogP contribution is 2.20. The van der Waals surface area contributed by atoms with Crippen LogP contribution in [0.5, 0.6) is 0 Å². The zero-order valence-electron chi connectivity index (χ0n) is 14.3. The van der Waals surface area contributed by atoms with Gasteiger partial charge in [-0.3, -0.25) is 0 Å². The van der Waals surface area contributed by atoms with E-state index in [1.165, 1.54) is 0 Å². The van der Waals surface area contributed by atoms with E-state index in [-0.39, 0.29) is 11.1 Å².